The van der Waals surface area contributed by atoms with E-state index in [1.807, 2.05) is 0 Å². The van der Waals surface area contributed by atoms with E-state index in [0.717, 1.165) is 0 Å². The van der Waals surface area contributed by atoms with Gasteiger partial charge in [0.25, 0.3) is 15.9 Å². The average molecular weight is 489 g/mol. The van der Waals surface area contributed by atoms with Crippen molar-refractivity contribution < 1.29 is 17.6 Å². The molecule has 32 heavy (non-hydrogen) atoms. The Bertz CT molecular complexity index is 1500. The number of carbonyl (C=O) groups excluding carboxylic acids is 1. The minimum atomic E-state index is -4.02. The van der Waals surface area contributed by atoms with Crippen LogP contribution in [0.1, 0.15) is 10.4 Å². The van der Waals surface area contributed by atoms with E-state index in [2.05, 4.69) is 10.0 Å². The first-order valence-corrected chi connectivity index (χ1v) is 11.4. The molecule has 0 fully saturated rings. The molecule has 0 atom stereocenters. The maximum absolute atomic E-state index is 12.9. The Morgan fingerprint density at radius 2 is 1.53 bits per heavy atom. The molecule has 1 heterocycles. The Morgan fingerprint density at radius 3 is 2.28 bits per heavy atom. The van der Waals surface area contributed by atoms with Gasteiger partial charge in [0.15, 0.2) is 0 Å². The van der Waals surface area contributed by atoms with Crippen LogP contribution in [0.4, 0.5) is 11.4 Å². The van der Waals surface area contributed by atoms with Gasteiger partial charge in [-0.05, 0) is 54.6 Å². The molecule has 0 saturated carbocycles. The quantitative estimate of drug-likeness (QED) is 0.377. The zero-order valence-electron chi connectivity index (χ0n) is 16.1. The molecule has 0 aliphatic rings. The third kappa shape index (κ3) is 4.62. The van der Waals surface area contributed by atoms with Crippen molar-refractivity contribution in [3.8, 4) is 0 Å². The molecule has 1 amide bonds. The molecule has 0 unspecified atom stereocenters. The van der Waals surface area contributed by atoms with Crippen LogP contribution in [0.25, 0.3) is 11.0 Å². The van der Waals surface area contributed by atoms with E-state index in [-0.39, 0.29) is 26.9 Å². The Morgan fingerprint density at radius 1 is 0.844 bits per heavy atom. The van der Waals surface area contributed by atoms with Crippen molar-refractivity contribution in [3.05, 3.63) is 98.8 Å². The summed E-state index contributed by atoms with van der Waals surface area (Å²) < 4.78 is 33.1. The molecule has 162 valence electrons. The van der Waals surface area contributed by atoms with Crippen molar-refractivity contribution in [3.63, 3.8) is 0 Å². The molecule has 0 radical (unpaired) electrons. The van der Waals surface area contributed by atoms with Crippen LogP contribution >= 0.6 is 23.2 Å². The minimum Gasteiger partial charge on any atom is -0.421 e. The summed E-state index contributed by atoms with van der Waals surface area (Å²) in [5, 5.41) is 3.65. The molecule has 4 rings (SSSR count). The second-order valence-corrected chi connectivity index (χ2v) is 9.24. The molecule has 2 N–H and O–H groups in total. The van der Waals surface area contributed by atoms with E-state index < -0.39 is 21.6 Å². The zero-order chi connectivity index (χ0) is 22.9. The van der Waals surface area contributed by atoms with Crippen LogP contribution in [0.15, 0.2) is 86.9 Å². The highest BCUT2D eigenvalue weighted by atomic mass is 35.5. The number of amides is 1. The topological polar surface area (TPSA) is 105 Å². The van der Waals surface area contributed by atoms with Crippen LogP contribution in [0.5, 0.6) is 0 Å². The molecule has 10 heteroatoms. The number of para-hydroxylation sites is 1. The Kier molecular flexibility index (Phi) is 5.92. The van der Waals surface area contributed by atoms with E-state index in [1.165, 1.54) is 48.5 Å². The normalized spacial score (nSPS) is 11.3. The number of fused-ring (bicyclic) bond motifs is 1. The van der Waals surface area contributed by atoms with Crippen molar-refractivity contribution in [2.24, 2.45) is 0 Å². The average Bonchev–Trinajstić information content (AvgIpc) is 2.75. The van der Waals surface area contributed by atoms with Crippen LogP contribution in [0.3, 0.4) is 0 Å². The molecule has 4 aromatic rings. The van der Waals surface area contributed by atoms with Crippen LogP contribution < -0.4 is 15.7 Å². The van der Waals surface area contributed by atoms with Gasteiger partial charge in [-0.25, -0.2) is 13.2 Å². The van der Waals surface area contributed by atoms with Gasteiger partial charge in [-0.3, -0.25) is 9.52 Å². The molecular formula is C22H14Cl2N2O5S. The van der Waals surface area contributed by atoms with Gasteiger partial charge in [-0.15, -0.1) is 0 Å². The minimum absolute atomic E-state index is 0.0213. The molecular weight excluding hydrogens is 475 g/mol. The van der Waals surface area contributed by atoms with Crippen LogP contribution in [-0.4, -0.2) is 14.3 Å². The Hall–Kier alpha value is -3.33. The van der Waals surface area contributed by atoms with Gasteiger partial charge in [0.05, 0.1) is 16.1 Å². The van der Waals surface area contributed by atoms with E-state index >= 15 is 0 Å². The molecule has 1 aromatic heterocycles. The molecule has 0 bridgehead atoms. The van der Waals surface area contributed by atoms with Crippen LogP contribution in [-0.2, 0) is 10.0 Å². The van der Waals surface area contributed by atoms with Crippen LogP contribution in [0, 0.1) is 0 Å². The summed E-state index contributed by atoms with van der Waals surface area (Å²) in [5.74, 6) is -0.746. The number of carbonyl (C=O) groups is 1. The third-order valence-electron chi connectivity index (χ3n) is 4.48. The van der Waals surface area contributed by atoms with E-state index in [4.69, 9.17) is 27.6 Å². The van der Waals surface area contributed by atoms with Gasteiger partial charge >= 0.3 is 5.63 Å². The highest BCUT2D eigenvalue weighted by Gasteiger charge is 2.20. The fourth-order valence-electron chi connectivity index (χ4n) is 2.95. The van der Waals surface area contributed by atoms with E-state index in [1.54, 1.807) is 24.3 Å². The lowest BCUT2D eigenvalue weighted by atomic mass is 10.1. The zero-order valence-corrected chi connectivity index (χ0v) is 18.5. The molecule has 7 nitrogen and oxygen atoms in total. The number of rotatable bonds is 5. The Labute approximate surface area is 192 Å². The summed E-state index contributed by atoms with van der Waals surface area (Å²) >= 11 is 11.8. The predicted molar refractivity (Wildman–Crippen MR) is 124 cm³/mol. The lowest BCUT2D eigenvalue weighted by Crippen LogP contribution is -2.21. The summed E-state index contributed by atoms with van der Waals surface area (Å²) in [6, 6.07) is 17.9. The number of nitrogens with one attached hydrogen (secondary N) is 2. The van der Waals surface area contributed by atoms with Gasteiger partial charge < -0.3 is 9.73 Å². The molecule has 0 aliphatic heterocycles. The smallest absolute Gasteiger partial charge is 0.360 e. The van der Waals surface area contributed by atoms with Crippen LogP contribution in [0.2, 0.25) is 10.0 Å². The molecule has 0 spiro atoms. The number of anilines is 2. The molecule has 0 saturated heterocycles. The number of benzene rings is 3. The number of hydrogen-bond acceptors (Lipinski definition) is 5. The third-order valence-corrected chi connectivity index (χ3v) is 6.35. The van der Waals surface area contributed by atoms with Crippen molar-refractivity contribution in [2.75, 3.05) is 10.0 Å². The predicted octanol–water partition coefficient (Wildman–Crippen LogP) is 5.15. The standard InChI is InChI=1S/C22H14Cl2N2O5S/c23-14-5-8-16(9-6-14)32(29,30)26-18-10-7-15(24)12-17(18)21(27)25-19-11-13-3-1-2-4-20(13)31-22(19)28/h1-12,26H,(H,25,27). The number of halogens is 2. The van der Waals surface area contributed by atoms with Gasteiger partial charge in [-0.1, -0.05) is 41.4 Å². The first kappa shape index (κ1) is 21.9. The maximum atomic E-state index is 12.9. The van der Waals surface area contributed by atoms with Gasteiger partial charge in [0.1, 0.15) is 11.3 Å². The summed E-state index contributed by atoms with van der Waals surface area (Å²) in [5.41, 5.74) is -0.577. The lowest BCUT2D eigenvalue weighted by molar-refractivity contribution is 0.102. The lowest BCUT2D eigenvalue weighted by Gasteiger charge is -2.13. The van der Waals surface area contributed by atoms with E-state index in [9.17, 15) is 18.0 Å². The fraction of sp³-hybridized carbons (Fsp3) is 0. The van der Waals surface area contributed by atoms with Gasteiger partial charge in [-0.2, -0.15) is 0 Å². The second-order valence-electron chi connectivity index (χ2n) is 6.69. The van der Waals surface area contributed by atoms with E-state index in [0.29, 0.717) is 16.0 Å². The highest BCUT2D eigenvalue weighted by Crippen LogP contribution is 2.25. The summed E-state index contributed by atoms with van der Waals surface area (Å²) in [7, 11) is -4.02. The summed E-state index contributed by atoms with van der Waals surface area (Å²) in [4.78, 5) is 25.2. The van der Waals surface area contributed by atoms with Gasteiger partial charge in [0, 0.05) is 15.4 Å². The summed E-state index contributed by atoms with van der Waals surface area (Å²) in [6.07, 6.45) is 0. The van der Waals surface area contributed by atoms with Crippen molar-refractivity contribution >= 4 is 61.5 Å². The fourth-order valence-corrected chi connectivity index (χ4v) is 4.33. The number of hydrogen-bond donors (Lipinski definition) is 2. The van der Waals surface area contributed by atoms with Crippen molar-refractivity contribution in [1.29, 1.82) is 0 Å². The van der Waals surface area contributed by atoms with Crippen molar-refractivity contribution in [2.45, 2.75) is 4.90 Å². The SMILES string of the molecule is O=C(Nc1cc2ccccc2oc1=O)c1cc(Cl)ccc1NS(=O)(=O)c1ccc(Cl)cc1. The summed E-state index contributed by atoms with van der Waals surface area (Å²) in [6.45, 7) is 0. The maximum Gasteiger partial charge on any atom is 0.360 e. The van der Waals surface area contributed by atoms with Crippen molar-refractivity contribution in [1.82, 2.24) is 0 Å². The molecule has 3 aromatic carbocycles. The number of sulfonamides is 1. The first-order valence-electron chi connectivity index (χ1n) is 9.15. The van der Waals surface area contributed by atoms with Gasteiger partial charge in [0.2, 0.25) is 0 Å². The molecule has 0 aliphatic carbocycles. The largest absolute Gasteiger partial charge is 0.421 e. The second kappa shape index (κ2) is 8.66. The Balaban J connectivity index is 1.68. The highest BCUT2D eigenvalue weighted by molar-refractivity contribution is 7.92. The monoisotopic (exact) mass is 488 g/mol. The first-order chi connectivity index (χ1) is 15.2.